The summed E-state index contributed by atoms with van der Waals surface area (Å²) in [6.07, 6.45) is -0.0858. The molecule has 0 saturated carbocycles. The van der Waals surface area contributed by atoms with Crippen LogP contribution in [0.4, 0.5) is 0 Å². The lowest BCUT2D eigenvalue weighted by Gasteiger charge is -2.37. The highest BCUT2D eigenvalue weighted by Crippen LogP contribution is 2.47. The molecule has 4 rings (SSSR count). The molecule has 2 aliphatic heterocycles. The van der Waals surface area contributed by atoms with Crippen molar-refractivity contribution in [2.75, 3.05) is 13.2 Å². The van der Waals surface area contributed by atoms with Gasteiger partial charge in [0.05, 0.1) is 13.2 Å². The summed E-state index contributed by atoms with van der Waals surface area (Å²) in [5, 5.41) is 0. The molecule has 0 aliphatic carbocycles. The van der Waals surface area contributed by atoms with E-state index in [9.17, 15) is 0 Å². The molecule has 0 N–H and O–H groups in total. The Balaban J connectivity index is 1.62. The number of fused-ring (bicyclic) bond motifs is 1. The average molecular weight is 282 g/mol. The predicted molar refractivity (Wildman–Crippen MR) is 78.3 cm³/mol. The van der Waals surface area contributed by atoms with E-state index in [1.54, 1.807) is 0 Å². The quantitative estimate of drug-likeness (QED) is 0.786. The summed E-state index contributed by atoms with van der Waals surface area (Å²) in [7, 11) is 0. The van der Waals surface area contributed by atoms with Crippen LogP contribution in [-0.4, -0.2) is 13.2 Å². The molecule has 2 aromatic rings. The van der Waals surface area contributed by atoms with Gasteiger partial charge in [-0.25, -0.2) is 9.78 Å². The van der Waals surface area contributed by atoms with Crippen LogP contribution in [-0.2, 0) is 14.5 Å². The highest BCUT2D eigenvalue weighted by Gasteiger charge is 2.46. The minimum Gasteiger partial charge on any atom is -0.381 e. The van der Waals surface area contributed by atoms with Gasteiger partial charge in [-0.1, -0.05) is 60.7 Å². The van der Waals surface area contributed by atoms with Gasteiger partial charge in [-0.3, -0.25) is 0 Å². The highest BCUT2D eigenvalue weighted by atomic mass is 17.2. The summed E-state index contributed by atoms with van der Waals surface area (Å²) in [4.78, 5) is 11.5. The largest absolute Gasteiger partial charge is 0.381 e. The standard InChI is InChI=1S/C18H18O3/c1-3-7-13(8-4-1)17-15-11-19-12-16(15)18(21-20-17)14-9-5-2-6-10-14/h1-10,15-18H,11-12H2/t15-,16-,17+,18+/m0/s1. The van der Waals surface area contributed by atoms with Crippen LogP contribution < -0.4 is 0 Å². The Morgan fingerprint density at radius 2 is 1.05 bits per heavy atom. The van der Waals surface area contributed by atoms with E-state index in [2.05, 4.69) is 24.3 Å². The molecule has 2 heterocycles. The fraction of sp³-hybridized carbons (Fsp3) is 0.333. The number of rotatable bonds is 2. The summed E-state index contributed by atoms with van der Waals surface area (Å²) < 4.78 is 5.73. The molecule has 0 unspecified atom stereocenters. The lowest BCUT2D eigenvalue weighted by atomic mass is 9.81. The van der Waals surface area contributed by atoms with Gasteiger partial charge < -0.3 is 4.74 Å². The van der Waals surface area contributed by atoms with Crippen molar-refractivity contribution < 1.29 is 14.5 Å². The van der Waals surface area contributed by atoms with Crippen molar-refractivity contribution in [1.82, 2.24) is 0 Å². The molecule has 2 aliphatic rings. The van der Waals surface area contributed by atoms with E-state index in [-0.39, 0.29) is 12.2 Å². The van der Waals surface area contributed by atoms with Crippen LogP contribution in [0.5, 0.6) is 0 Å². The second kappa shape index (κ2) is 5.60. The topological polar surface area (TPSA) is 27.7 Å². The fourth-order valence-electron chi connectivity index (χ4n) is 3.36. The summed E-state index contributed by atoms with van der Waals surface area (Å²) in [6.45, 7) is 1.47. The van der Waals surface area contributed by atoms with Crippen molar-refractivity contribution >= 4 is 0 Å². The molecule has 0 spiro atoms. The molecule has 3 heteroatoms. The molecule has 0 aromatic heterocycles. The SMILES string of the molecule is c1ccc([C@H]2OO[C@H](c3ccccc3)[C@H]3COC[C@@H]32)cc1. The number of ether oxygens (including phenoxy) is 1. The van der Waals surface area contributed by atoms with Crippen LogP contribution in [0.2, 0.25) is 0 Å². The minimum atomic E-state index is -0.0429. The molecule has 2 saturated heterocycles. The van der Waals surface area contributed by atoms with E-state index in [1.807, 2.05) is 36.4 Å². The van der Waals surface area contributed by atoms with Crippen LogP contribution >= 0.6 is 0 Å². The molecule has 0 bridgehead atoms. The van der Waals surface area contributed by atoms with Gasteiger partial charge in [0.15, 0.2) is 0 Å². The van der Waals surface area contributed by atoms with Gasteiger partial charge >= 0.3 is 0 Å². The molecule has 21 heavy (non-hydrogen) atoms. The van der Waals surface area contributed by atoms with E-state index in [4.69, 9.17) is 14.5 Å². The maximum atomic E-state index is 5.76. The lowest BCUT2D eigenvalue weighted by Crippen LogP contribution is -2.34. The van der Waals surface area contributed by atoms with Crippen molar-refractivity contribution in [3.8, 4) is 0 Å². The monoisotopic (exact) mass is 282 g/mol. The zero-order valence-corrected chi connectivity index (χ0v) is 11.7. The van der Waals surface area contributed by atoms with E-state index in [0.717, 1.165) is 24.3 Å². The van der Waals surface area contributed by atoms with Crippen LogP contribution in [0, 0.1) is 11.8 Å². The van der Waals surface area contributed by atoms with E-state index in [0.29, 0.717) is 11.8 Å². The second-order valence-corrected chi connectivity index (χ2v) is 5.72. The number of hydrogen-bond donors (Lipinski definition) is 0. The third-order valence-corrected chi connectivity index (χ3v) is 4.47. The van der Waals surface area contributed by atoms with Gasteiger partial charge in [0.25, 0.3) is 0 Å². The minimum absolute atomic E-state index is 0.0429. The molecular weight excluding hydrogens is 264 g/mol. The van der Waals surface area contributed by atoms with Crippen LogP contribution in [0.1, 0.15) is 23.3 Å². The Labute approximate surface area is 124 Å². The van der Waals surface area contributed by atoms with Gasteiger partial charge in [0.1, 0.15) is 12.2 Å². The molecule has 0 radical (unpaired) electrons. The van der Waals surface area contributed by atoms with Crippen LogP contribution in [0.25, 0.3) is 0 Å². The molecule has 108 valence electrons. The zero-order valence-electron chi connectivity index (χ0n) is 11.7. The Hall–Kier alpha value is -1.68. The Morgan fingerprint density at radius 1 is 0.619 bits per heavy atom. The van der Waals surface area contributed by atoms with Gasteiger partial charge in [0, 0.05) is 11.8 Å². The number of hydrogen-bond acceptors (Lipinski definition) is 3. The third-order valence-electron chi connectivity index (χ3n) is 4.47. The van der Waals surface area contributed by atoms with Crippen molar-refractivity contribution in [1.29, 1.82) is 0 Å². The first-order valence-corrected chi connectivity index (χ1v) is 7.43. The Bertz CT molecular complexity index is 530. The van der Waals surface area contributed by atoms with E-state index >= 15 is 0 Å². The van der Waals surface area contributed by atoms with Crippen molar-refractivity contribution in [2.45, 2.75) is 12.2 Å². The fourth-order valence-corrected chi connectivity index (χ4v) is 3.36. The molecule has 4 atom stereocenters. The van der Waals surface area contributed by atoms with Gasteiger partial charge in [-0.2, -0.15) is 0 Å². The van der Waals surface area contributed by atoms with Crippen LogP contribution in [0.3, 0.4) is 0 Å². The van der Waals surface area contributed by atoms with Gasteiger partial charge in [-0.05, 0) is 11.1 Å². The maximum absolute atomic E-state index is 5.76. The normalized spacial score (nSPS) is 31.8. The summed E-state index contributed by atoms with van der Waals surface area (Å²) >= 11 is 0. The Morgan fingerprint density at radius 3 is 1.48 bits per heavy atom. The van der Waals surface area contributed by atoms with Crippen molar-refractivity contribution in [3.05, 3.63) is 71.8 Å². The first kappa shape index (κ1) is 13.0. The molecule has 2 fully saturated rings. The van der Waals surface area contributed by atoms with Crippen molar-refractivity contribution in [2.24, 2.45) is 11.8 Å². The average Bonchev–Trinajstić information content (AvgIpc) is 3.05. The van der Waals surface area contributed by atoms with Crippen LogP contribution in [0.15, 0.2) is 60.7 Å². The number of benzene rings is 2. The summed E-state index contributed by atoms with van der Waals surface area (Å²) in [6, 6.07) is 20.5. The Kier molecular flexibility index (Phi) is 3.47. The van der Waals surface area contributed by atoms with E-state index in [1.165, 1.54) is 0 Å². The van der Waals surface area contributed by atoms with E-state index < -0.39 is 0 Å². The third kappa shape index (κ3) is 2.38. The second-order valence-electron chi connectivity index (χ2n) is 5.72. The van der Waals surface area contributed by atoms with Gasteiger partial charge in [-0.15, -0.1) is 0 Å². The lowest BCUT2D eigenvalue weighted by molar-refractivity contribution is -0.403. The molecule has 2 aromatic carbocycles. The predicted octanol–water partition coefficient (Wildman–Crippen LogP) is 3.69. The highest BCUT2D eigenvalue weighted by molar-refractivity contribution is 5.22. The first-order chi connectivity index (χ1) is 10.4. The smallest absolute Gasteiger partial charge is 0.123 e. The molecule has 3 nitrogen and oxygen atoms in total. The maximum Gasteiger partial charge on any atom is 0.123 e. The zero-order chi connectivity index (χ0) is 14.1. The molecule has 0 amide bonds. The molecular formula is C18H18O3. The summed E-state index contributed by atoms with van der Waals surface area (Å²) in [5.41, 5.74) is 2.31. The van der Waals surface area contributed by atoms with Gasteiger partial charge in [0.2, 0.25) is 0 Å². The summed E-state index contributed by atoms with van der Waals surface area (Å²) in [5.74, 6) is 0.678. The van der Waals surface area contributed by atoms with Crippen molar-refractivity contribution in [3.63, 3.8) is 0 Å². The first-order valence-electron chi connectivity index (χ1n) is 7.43.